The molecule has 2 nitrogen and oxygen atoms in total. The molecule has 0 aliphatic heterocycles. The SMILES string of the molecule is CC.O=C1CCC2(CC(F)(F)F)c3ccc(O)cc3CCCC2C1. The van der Waals surface area contributed by atoms with Crippen LogP contribution in [0.3, 0.4) is 0 Å². The van der Waals surface area contributed by atoms with E-state index in [9.17, 15) is 23.1 Å². The van der Waals surface area contributed by atoms with Gasteiger partial charge in [0, 0.05) is 18.3 Å². The first-order valence-corrected chi connectivity index (χ1v) is 8.71. The van der Waals surface area contributed by atoms with Crippen LogP contribution in [0.25, 0.3) is 0 Å². The van der Waals surface area contributed by atoms with E-state index in [2.05, 4.69) is 0 Å². The van der Waals surface area contributed by atoms with Gasteiger partial charge in [-0.05, 0) is 54.9 Å². The molecule has 24 heavy (non-hydrogen) atoms. The number of aryl methyl sites for hydroxylation is 1. The first-order valence-electron chi connectivity index (χ1n) is 8.71. The van der Waals surface area contributed by atoms with E-state index in [1.807, 2.05) is 13.8 Å². The highest BCUT2D eigenvalue weighted by Crippen LogP contribution is 2.53. The summed E-state index contributed by atoms with van der Waals surface area (Å²) in [6.45, 7) is 4.00. The molecule has 1 aromatic carbocycles. The van der Waals surface area contributed by atoms with E-state index in [4.69, 9.17) is 0 Å². The number of hydrogen-bond acceptors (Lipinski definition) is 2. The molecule has 0 aromatic heterocycles. The zero-order chi connectivity index (χ0) is 18.0. The summed E-state index contributed by atoms with van der Waals surface area (Å²) < 4.78 is 39.8. The number of ketones is 1. The number of fused-ring (bicyclic) bond motifs is 3. The van der Waals surface area contributed by atoms with Gasteiger partial charge in [-0.15, -0.1) is 0 Å². The van der Waals surface area contributed by atoms with E-state index in [0.29, 0.717) is 18.4 Å². The summed E-state index contributed by atoms with van der Waals surface area (Å²) in [4.78, 5) is 11.8. The lowest BCUT2D eigenvalue weighted by Gasteiger charge is -2.44. The number of hydrogen-bond donors (Lipinski definition) is 1. The Kier molecular flexibility index (Phi) is 5.61. The molecule has 2 unspecified atom stereocenters. The largest absolute Gasteiger partial charge is 0.508 e. The van der Waals surface area contributed by atoms with Crippen molar-refractivity contribution in [1.82, 2.24) is 0 Å². The Hall–Kier alpha value is -1.52. The molecule has 0 saturated heterocycles. The predicted octanol–water partition coefficient (Wildman–Crippen LogP) is 5.31. The number of benzene rings is 1. The fourth-order valence-corrected chi connectivity index (χ4v) is 4.37. The quantitative estimate of drug-likeness (QED) is 0.750. The van der Waals surface area contributed by atoms with Crippen molar-refractivity contribution in [1.29, 1.82) is 0 Å². The third-order valence-corrected chi connectivity index (χ3v) is 5.25. The van der Waals surface area contributed by atoms with Gasteiger partial charge in [0.05, 0.1) is 6.42 Å². The van der Waals surface area contributed by atoms with Crippen LogP contribution in [0, 0.1) is 5.92 Å². The van der Waals surface area contributed by atoms with Crippen LogP contribution in [0.1, 0.15) is 63.5 Å². The van der Waals surface area contributed by atoms with E-state index >= 15 is 0 Å². The summed E-state index contributed by atoms with van der Waals surface area (Å²) in [6.07, 6.45) is -2.37. The van der Waals surface area contributed by atoms with Crippen LogP contribution in [0.2, 0.25) is 0 Å². The first kappa shape index (κ1) is 18.8. The van der Waals surface area contributed by atoms with Crippen molar-refractivity contribution >= 4 is 5.78 Å². The summed E-state index contributed by atoms with van der Waals surface area (Å²) in [5.41, 5.74) is 0.491. The van der Waals surface area contributed by atoms with Crippen LogP contribution in [0.15, 0.2) is 18.2 Å². The van der Waals surface area contributed by atoms with Crippen LogP contribution in [0.4, 0.5) is 13.2 Å². The highest BCUT2D eigenvalue weighted by atomic mass is 19.4. The Morgan fingerprint density at radius 2 is 1.96 bits per heavy atom. The second-order valence-electron chi connectivity index (χ2n) is 6.62. The van der Waals surface area contributed by atoms with Crippen molar-refractivity contribution in [3.63, 3.8) is 0 Å². The molecule has 1 saturated carbocycles. The molecule has 3 rings (SSSR count). The molecule has 0 spiro atoms. The Labute approximate surface area is 141 Å². The summed E-state index contributed by atoms with van der Waals surface area (Å²) in [5.74, 6) is -0.0857. The zero-order valence-electron chi connectivity index (χ0n) is 14.2. The number of halogens is 3. The first-order chi connectivity index (χ1) is 11.3. The summed E-state index contributed by atoms with van der Waals surface area (Å²) in [5, 5.41) is 9.66. The molecule has 2 aliphatic carbocycles. The zero-order valence-corrected chi connectivity index (χ0v) is 14.2. The summed E-state index contributed by atoms with van der Waals surface area (Å²) in [7, 11) is 0. The maximum Gasteiger partial charge on any atom is 0.389 e. The molecule has 2 aliphatic rings. The molecule has 0 radical (unpaired) electrons. The lowest BCUT2D eigenvalue weighted by atomic mass is 9.59. The van der Waals surface area contributed by atoms with Crippen LogP contribution in [0.5, 0.6) is 5.75 Å². The molecule has 0 bridgehead atoms. The number of phenolic OH excluding ortho intramolecular Hbond substituents is 1. The Bertz CT molecular complexity index is 595. The van der Waals surface area contributed by atoms with E-state index in [0.717, 1.165) is 12.0 Å². The molecule has 1 aromatic rings. The molecular formula is C19H25F3O2. The van der Waals surface area contributed by atoms with Crippen molar-refractivity contribution in [3.8, 4) is 5.75 Å². The van der Waals surface area contributed by atoms with Gasteiger partial charge in [0.25, 0.3) is 0 Å². The molecule has 2 atom stereocenters. The van der Waals surface area contributed by atoms with E-state index < -0.39 is 18.0 Å². The molecule has 1 fully saturated rings. The van der Waals surface area contributed by atoms with Gasteiger partial charge in [-0.25, -0.2) is 0 Å². The standard InChI is InChI=1S/C17H19F3O2.C2H6/c18-17(19,20)10-16-7-6-14(22)9-12(16)3-1-2-11-8-13(21)4-5-15(11)16;1-2/h4-5,8,12,21H,1-3,6-7,9-10H2;1-2H3. The fraction of sp³-hybridized carbons (Fsp3) is 0.632. The normalized spacial score (nSPS) is 26.5. The van der Waals surface area contributed by atoms with Crippen molar-refractivity contribution < 1.29 is 23.1 Å². The van der Waals surface area contributed by atoms with Crippen molar-refractivity contribution in [2.75, 3.05) is 0 Å². The van der Waals surface area contributed by atoms with Gasteiger partial charge in [-0.3, -0.25) is 4.79 Å². The van der Waals surface area contributed by atoms with E-state index in [1.54, 1.807) is 12.1 Å². The van der Waals surface area contributed by atoms with Crippen molar-refractivity contribution in [2.24, 2.45) is 5.92 Å². The third kappa shape index (κ3) is 3.76. The Morgan fingerprint density at radius 3 is 2.62 bits per heavy atom. The number of alkyl halides is 3. The Morgan fingerprint density at radius 1 is 1.25 bits per heavy atom. The number of phenols is 1. The number of carbonyl (C=O) groups excluding carboxylic acids is 1. The van der Waals surface area contributed by atoms with Crippen LogP contribution in [-0.4, -0.2) is 17.1 Å². The maximum absolute atomic E-state index is 13.3. The molecule has 134 valence electrons. The molecular weight excluding hydrogens is 317 g/mol. The van der Waals surface area contributed by atoms with Gasteiger partial charge >= 0.3 is 6.18 Å². The second-order valence-corrected chi connectivity index (χ2v) is 6.62. The van der Waals surface area contributed by atoms with Crippen LogP contribution in [-0.2, 0) is 16.6 Å². The highest BCUT2D eigenvalue weighted by Gasteiger charge is 2.52. The average molecular weight is 342 g/mol. The lowest BCUT2D eigenvalue weighted by molar-refractivity contribution is -0.159. The maximum atomic E-state index is 13.3. The van der Waals surface area contributed by atoms with Gasteiger partial charge in [-0.2, -0.15) is 13.2 Å². The highest BCUT2D eigenvalue weighted by molar-refractivity contribution is 5.80. The van der Waals surface area contributed by atoms with Crippen molar-refractivity contribution in [3.05, 3.63) is 29.3 Å². The van der Waals surface area contributed by atoms with E-state index in [-0.39, 0.29) is 36.7 Å². The topological polar surface area (TPSA) is 37.3 Å². The van der Waals surface area contributed by atoms with Gasteiger partial charge in [0.15, 0.2) is 0 Å². The smallest absolute Gasteiger partial charge is 0.389 e. The van der Waals surface area contributed by atoms with Gasteiger partial charge < -0.3 is 5.11 Å². The molecule has 1 N–H and O–H groups in total. The molecule has 0 amide bonds. The van der Waals surface area contributed by atoms with E-state index in [1.165, 1.54) is 6.07 Å². The number of Topliss-reactive ketones (excluding diaryl/α,β-unsaturated/α-hetero) is 1. The monoisotopic (exact) mass is 342 g/mol. The van der Waals surface area contributed by atoms with Crippen molar-refractivity contribution in [2.45, 2.75) is 70.4 Å². The van der Waals surface area contributed by atoms with Crippen LogP contribution >= 0.6 is 0 Å². The number of rotatable bonds is 1. The molecule has 5 heteroatoms. The van der Waals surface area contributed by atoms with Gasteiger partial charge in [0.2, 0.25) is 0 Å². The fourth-order valence-electron chi connectivity index (χ4n) is 4.37. The lowest BCUT2D eigenvalue weighted by Crippen LogP contribution is -2.44. The van der Waals surface area contributed by atoms with Crippen LogP contribution < -0.4 is 0 Å². The van der Waals surface area contributed by atoms with Gasteiger partial charge in [0.1, 0.15) is 11.5 Å². The minimum absolute atomic E-state index is 0.0741. The third-order valence-electron chi connectivity index (χ3n) is 5.25. The minimum atomic E-state index is -4.27. The Balaban J connectivity index is 0.00000100. The molecule has 0 heterocycles. The number of aromatic hydroxyl groups is 1. The predicted molar refractivity (Wildman–Crippen MR) is 87.1 cm³/mol. The average Bonchev–Trinajstić information content (AvgIpc) is 2.64. The summed E-state index contributed by atoms with van der Waals surface area (Å²) >= 11 is 0. The minimum Gasteiger partial charge on any atom is -0.508 e. The summed E-state index contributed by atoms with van der Waals surface area (Å²) in [6, 6.07) is 4.70. The second kappa shape index (κ2) is 7.16. The number of carbonyl (C=O) groups is 1. The van der Waals surface area contributed by atoms with Gasteiger partial charge in [-0.1, -0.05) is 19.9 Å².